The molecule has 0 aliphatic rings. The number of thiazole rings is 1. The first-order valence-electron chi connectivity index (χ1n) is 6.30. The van der Waals surface area contributed by atoms with Crippen LogP contribution in [0.2, 0.25) is 5.02 Å². The molecule has 22 heavy (non-hydrogen) atoms. The summed E-state index contributed by atoms with van der Waals surface area (Å²) in [6.07, 6.45) is 1.59. The molecule has 0 saturated carbocycles. The molecule has 2 aromatic rings. The number of rotatable bonds is 5. The van der Waals surface area contributed by atoms with Crippen LogP contribution in [-0.2, 0) is 0 Å². The Morgan fingerprint density at radius 3 is 2.64 bits per heavy atom. The maximum atomic E-state index is 9.27. The molecule has 0 amide bonds. The van der Waals surface area contributed by atoms with Crippen LogP contribution in [0.25, 0.3) is 5.57 Å². The minimum absolute atomic E-state index is 0.439. The third kappa shape index (κ3) is 3.50. The first kappa shape index (κ1) is 16.1. The number of hydrogen-bond acceptors (Lipinski definition) is 6. The average Bonchev–Trinajstić information content (AvgIpc) is 2.95. The molecule has 5 nitrogen and oxygen atoms in total. The molecular formula is C15H14ClN3O2S. The lowest BCUT2D eigenvalue weighted by Crippen LogP contribution is -1.96. The van der Waals surface area contributed by atoms with Crippen LogP contribution in [0, 0.1) is 18.3 Å². The van der Waals surface area contributed by atoms with Crippen molar-refractivity contribution in [3.8, 4) is 17.6 Å². The van der Waals surface area contributed by atoms with Crippen LogP contribution in [-0.4, -0.2) is 19.2 Å². The number of nitriles is 1. The zero-order chi connectivity index (χ0) is 16.1. The number of halogens is 1. The van der Waals surface area contributed by atoms with Crippen LogP contribution in [0.1, 0.15) is 10.7 Å². The molecular weight excluding hydrogens is 322 g/mol. The molecule has 0 atom stereocenters. The van der Waals surface area contributed by atoms with E-state index in [1.54, 1.807) is 25.4 Å². The fraction of sp³-hybridized carbons (Fsp3) is 0.200. The van der Waals surface area contributed by atoms with E-state index in [2.05, 4.69) is 16.4 Å². The van der Waals surface area contributed by atoms with Gasteiger partial charge in [0, 0.05) is 29.4 Å². The lowest BCUT2D eigenvalue weighted by molar-refractivity contribution is 0.405. The fourth-order valence-electron chi connectivity index (χ4n) is 1.74. The molecule has 0 radical (unpaired) electrons. The SMILES string of the molecule is COc1cc(N/C=C(\C#N)c2nc(C)cs2)c(OC)cc1Cl. The molecule has 114 valence electrons. The second-order valence-corrected chi connectivity index (χ2v) is 5.56. The maximum Gasteiger partial charge on any atom is 0.144 e. The van der Waals surface area contributed by atoms with Gasteiger partial charge in [-0.1, -0.05) is 11.6 Å². The van der Waals surface area contributed by atoms with Gasteiger partial charge in [-0.15, -0.1) is 11.3 Å². The van der Waals surface area contributed by atoms with E-state index in [4.69, 9.17) is 21.1 Å². The van der Waals surface area contributed by atoms with Crippen molar-refractivity contribution in [1.82, 2.24) is 4.98 Å². The number of hydrogen-bond donors (Lipinski definition) is 1. The molecule has 0 aliphatic heterocycles. The number of nitrogens with zero attached hydrogens (tertiary/aromatic N) is 2. The van der Waals surface area contributed by atoms with Gasteiger partial charge in [0.05, 0.1) is 24.9 Å². The molecule has 1 aromatic carbocycles. The van der Waals surface area contributed by atoms with Crippen LogP contribution < -0.4 is 14.8 Å². The Kier molecular flexibility index (Phi) is 5.26. The summed E-state index contributed by atoms with van der Waals surface area (Å²) in [7, 11) is 3.08. The lowest BCUT2D eigenvalue weighted by Gasteiger charge is -2.12. The monoisotopic (exact) mass is 335 g/mol. The van der Waals surface area contributed by atoms with E-state index in [-0.39, 0.29) is 0 Å². The van der Waals surface area contributed by atoms with E-state index in [1.807, 2.05) is 12.3 Å². The second-order valence-electron chi connectivity index (χ2n) is 4.30. The normalized spacial score (nSPS) is 11.0. The van der Waals surface area contributed by atoms with Crippen molar-refractivity contribution in [2.45, 2.75) is 6.92 Å². The second kappa shape index (κ2) is 7.16. The Morgan fingerprint density at radius 1 is 1.36 bits per heavy atom. The van der Waals surface area contributed by atoms with Gasteiger partial charge in [0.2, 0.25) is 0 Å². The van der Waals surface area contributed by atoms with Crippen molar-refractivity contribution in [3.63, 3.8) is 0 Å². The Morgan fingerprint density at radius 2 is 2.09 bits per heavy atom. The Bertz CT molecular complexity index is 750. The minimum Gasteiger partial charge on any atom is -0.495 e. The summed E-state index contributed by atoms with van der Waals surface area (Å²) in [5, 5.41) is 15.3. The number of aryl methyl sites for hydroxylation is 1. The number of methoxy groups -OCH3 is 2. The zero-order valence-corrected chi connectivity index (χ0v) is 13.9. The molecule has 0 aliphatic carbocycles. The topological polar surface area (TPSA) is 67.2 Å². The van der Waals surface area contributed by atoms with Gasteiger partial charge < -0.3 is 14.8 Å². The van der Waals surface area contributed by atoms with Gasteiger partial charge in [0.1, 0.15) is 28.1 Å². The summed E-state index contributed by atoms with van der Waals surface area (Å²) in [5.41, 5.74) is 1.96. The Hall–Kier alpha value is -2.23. The predicted molar refractivity (Wildman–Crippen MR) is 88.6 cm³/mol. The van der Waals surface area contributed by atoms with Crippen molar-refractivity contribution in [2.24, 2.45) is 0 Å². The van der Waals surface area contributed by atoms with Gasteiger partial charge in [-0.05, 0) is 6.92 Å². The van der Waals surface area contributed by atoms with Crippen LogP contribution in [0.4, 0.5) is 5.69 Å². The van der Waals surface area contributed by atoms with Crippen molar-refractivity contribution in [3.05, 3.63) is 39.4 Å². The van der Waals surface area contributed by atoms with Crippen LogP contribution in [0.15, 0.2) is 23.7 Å². The van der Waals surface area contributed by atoms with E-state index in [0.29, 0.717) is 32.8 Å². The summed E-state index contributed by atoms with van der Waals surface area (Å²) in [4.78, 5) is 4.30. The number of nitrogens with one attached hydrogen (secondary N) is 1. The molecule has 0 unspecified atom stereocenters. The van der Waals surface area contributed by atoms with Crippen LogP contribution in [0.3, 0.4) is 0 Å². The number of ether oxygens (including phenoxy) is 2. The van der Waals surface area contributed by atoms with E-state index >= 15 is 0 Å². The molecule has 1 N–H and O–H groups in total. The van der Waals surface area contributed by atoms with Gasteiger partial charge in [-0.2, -0.15) is 5.26 Å². The third-order valence-corrected chi connectivity index (χ3v) is 4.10. The first-order valence-corrected chi connectivity index (χ1v) is 7.55. The number of allylic oxidation sites excluding steroid dienone is 1. The average molecular weight is 336 g/mol. The summed E-state index contributed by atoms with van der Waals surface area (Å²) < 4.78 is 10.5. The standard InChI is InChI=1S/C15H14ClN3O2S/c1-9-8-22-15(19-9)10(6-17)7-18-12-5-13(20-2)11(16)4-14(12)21-3/h4-5,7-8,18H,1-3H3/b10-7+. The first-order chi connectivity index (χ1) is 10.6. The number of anilines is 1. The largest absolute Gasteiger partial charge is 0.495 e. The summed E-state index contributed by atoms with van der Waals surface area (Å²) in [6.45, 7) is 1.88. The molecule has 0 bridgehead atoms. The zero-order valence-electron chi connectivity index (χ0n) is 12.3. The smallest absolute Gasteiger partial charge is 0.144 e. The molecule has 1 heterocycles. The highest BCUT2D eigenvalue weighted by molar-refractivity contribution is 7.10. The van der Waals surface area contributed by atoms with Gasteiger partial charge in [-0.25, -0.2) is 4.98 Å². The van der Waals surface area contributed by atoms with E-state index < -0.39 is 0 Å². The summed E-state index contributed by atoms with van der Waals surface area (Å²) in [6, 6.07) is 5.48. The van der Waals surface area contributed by atoms with Crippen LogP contribution >= 0.6 is 22.9 Å². The van der Waals surface area contributed by atoms with Gasteiger partial charge in [0.25, 0.3) is 0 Å². The van der Waals surface area contributed by atoms with E-state index in [1.165, 1.54) is 18.4 Å². The molecule has 0 saturated heterocycles. The summed E-state index contributed by atoms with van der Waals surface area (Å²) in [5.74, 6) is 1.07. The van der Waals surface area contributed by atoms with Crippen molar-refractivity contribution >= 4 is 34.2 Å². The summed E-state index contributed by atoms with van der Waals surface area (Å²) >= 11 is 7.48. The van der Waals surface area contributed by atoms with Crippen molar-refractivity contribution in [2.75, 3.05) is 19.5 Å². The molecule has 7 heteroatoms. The van der Waals surface area contributed by atoms with Gasteiger partial charge in [-0.3, -0.25) is 0 Å². The molecule has 1 aromatic heterocycles. The van der Waals surface area contributed by atoms with Gasteiger partial charge >= 0.3 is 0 Å². The minimum atomic E-state index is 0.439. The van der Waals surface area contributed by atoms with Crippen molar-refractivity contribution < 1.29 is 9.47 Å². The third-order valence-electron chi connectivity index (χ3n) is 2.82. The Balaban J connectivity index is 2.33. The van der Waals surface area contributed by atoms with Crippen LogP contribution in [0.5, 0.6) is 11.5 Å². The molecule has 0 spiro atoms. The van der Waals surface area contributed by atoms with Gasteiger partial charge in [0.15, 0.2) is 0 Å². The quantitative estimate of drug-likeness (QED) is 0.833. The number of benzene rings is 1. The fourth-order valence-corrected chi connectivity index (χ4v) is 2.74. The lowest BCUT2D eigenvalue weighted by atomic mass is 10.2. The molecule has 2 rings (SSSR count). The number of aromatic nitrogens is 1. The maximum absolute atomic E-state index is 9.27. The molecule has 0 fully saturated rings. The highest BCUT2D eigenvalue weighted by Crippen LogP contribution is 2.36. The predicted octanol–water partition coefficient (Wildman–Crippen LogP) is 4.10. The highest BCUT2D eigenvalue weighted by Gasteiger charge is 2.10. The van der Waals surface area contributed by atoms with E-state index in [0.717, 1.165) is 5.69 Å². The highest BCUT2D eigenvalue weighted by atomic mass is 35.5. The Labute approximate surface area is 137 Å². The van der Waals surface area contributed by atoms with E-state index in [9.17, 15) is 5.26 Å². The van der Waals surface area contributed by atoms with Crippen molar-refractivity contribution in [1.29, 1.82) is 5.26 Å².